The number of aliphatic hydroxyl groups is 1. The summed E-state index contributed by atoms with van der Waals surface area (Å²) in [4.78, 5) is 2.39. The molecule has 1 N–H and O–H groups in total. The van der Waals surface area contributed by atoms with Crippen LogP contribution in [0, 0.1) is 13.8 Å². The zero-order valence-electron chi connectivity index (χ0n) is 14.6. The predicted molar refractivity (Wildman–Crippen MR) is 97.4 cm³/mol. The van der Waals surface area contributed by atoms with Crippen LogP contribution in [0.1, 0.15) is 35.6 Å². The van der Waals surface area contributed by atoms with Gasteiger partial charge in [0.05, 0.1) is 0 Å². The molecular weight excluding hydrogens is 298 g/mol. The highest BCUT2D eigenvalue weighted by molar-refractivity contribution is 5.31. The van der Waals surface area contributed by atoms with Crippen LogP contribution in [-0.4, -0.2) is 35.8 Å². The summed E-state index contributed by atoms with van der Waals surface area (Å²) in [5.41, 5.74) is 3.76. The Kier molecular flexibility index (Phi) is 5.54. The van der Waals surface area contributed by atoms with Crippen molar-refractivity contribution in [3.8, 4) is 5.75 Å². The van der Waals surface area contributed by atoms with E-state index < -0.39 is 6.10 Å². The van der Waals surface area contributed by atoms with Crippen molar-refractivity contribution in [3.63, 3.8) is 0 Å². The Balaban J connectivity index is 1.57. The van der Waals surface area contributed by atoms with Gasteiger partial charge in [-0.15, -0.1) is 0 Å². The van der Waals surface area contributed by atoms with Crippen molar-refractivity contribution < 1.29 is 9.84 Å². The normalized spacial score (nSPS) is 19.4. The van der Waals surface area contributed by atoms with E-state index in [0.717, 1.165) is 24.3 Å². The molecule has 2 aromatic carbocycles. The van der Waals surface area contributed by atoms with Crippen LogP contribution < -0.4 is 4.74 Å². The lowest BCUT2D eigenvalue weighted by Crippen LogP contribution is -2.35. The van der Waals surface area contributed by atoms with Crippen LogP contribution in [0.25, 0.3) is 0 Å². The molecule has 0 bridgehead atoms. The summed E-state index contributed by atoms with van der Waals surface area (Å²) in [6.07, 6.45) is 1.87. The summed E-state index contributed by atoms with van der Waals surface area (Å²) in [6.45, 7) is 6.19. The minimum absolute atomic E-state index is 0.335. The molecule has 3 rings (SSSR count). The summed E-state index contributed by atoms with van der Waals surface area (Å²) >= 11 is 0. The molecule has 0 radical (unpaired) electrons. The number of likely N-dealkylation sites (tertiary alicyclic amines) is 1. The lowest BCUT2D eigenvalue weighted by atomic mass is 10.0. The van der Waals surface area contributed by atoms with Crippen molar-refractivity contribution in [1.82, 2.24) is 4.90 Å². The summed E-state index contributed by atoms with van der Waals surface area (Å²) in [5.74, 6) is 0.855. The maximum Gasteiger partial charge on any atom is 0.122 e. The number of β-amino-alcohol motifs (C(OH)–C–C–N with tert-alkyl or cyclic N) is 1. The van der Waals surface area contributed by atoms with Gasteiger partial charge < -0.3 is 9.84 Å². The Morgan fingerprint density at radius 1 is 1.17 bits per heavy atom. The van der Waals surface area contributed by atoms with Gasteiger partial charge in [0.15, 0.2) is 0 Å². The average molecular weight is 325 g/mol. The lowest BCUT2D eigenvalue weighted by Gasteiger charge is -2.27. The molecule has 1 aliphatic heterocycles. The molecule has 0 amide bonds. The molecule has 0 aromatic heterocycles. The standard InChI is InChI=1S/C21H27NO2/c1-16-7-5-9-18(13-16)20-10-6-12-22(20)14-19(23)15-24-21-11-4-3-8-17(21)2/h3-5,7-9,11,13,19-20,23H,6,10,12,14-15H2,1-2H3/t19-,20-/m0/s1. The molecule has 2 aromatic rings. The van der Waals surface area contributed by atoms with E-state index in [1.54, 1.807) is 0 Å². The van der Waals surface area contributed by atoms with Gasteiger partial charge in [-0.25, -0.2) is 0 Å². The van der Waals surface area contributed by atoms with E-state index in [9.17, 15) is 5.11 Å². The first-order valence-corrected chi connectivity index (χ1v) is 8.80. The van der Waals surface area contributed by atoms with E-state index in [-0.39, 0.29) is 0 Å². The molecule has 3 heteroatoms. The summed E-state index contributed by atoms with van der Waals surface area (Å²) < 4.78 is 5.79. The van der Waals surface area contributed by atoms with E-state index in [1.165, 1.54) is 17.5 Å². The van der Waals surface area contributed by atoms with Gasteiger partial charge in [-0.1, -0.05) is 48.0 Å². The van der Waals surface area contributed by atoms with Gasteiger partial charge in [-0.05, 0) is 50.4 Å². The molecule has 2 atom stereocenters. The maximum absolute atomic E-state index is 10.4. The number of rotatable bonds is 6. The van der Waals surface area contributed by atoms with Crippen molar-refractivity contribution in [3.05, 3.63) is 65.2 Å². The molecule has 1 aliphatic rings. The Morgan fingerprint density at radius 2 is 2.00 bits per heavy atom. The predicted octanol–water partition coefficient (Wildman–Crippen LogP) is 3.88. The van der Waals surface area contributed by atoms with Crippen LogP contribution in [0.5, 0.6) is 5.75 Å². The monoisotopic (exact) mass is 325 g/mol. The third-order valence-electron chi connectivity index (χ3n) is 4.76. The molecule has 0 unspecified atom stereocenters. The molecule has 1 heterocycles. The molecule has 1 fully saturated rings. The van der Waals surface area contributed by atoms with Crippen LogP contribution >= 0.6 is 0 Å². The molecule has 0 spiro atoms. The minimum atomic E-state index is -0.477. The van der Waals surface area contributed by atoms with Gasteiger partial charge in [-0.2, -0.15) is 0 Å². The first-order valence-electron chi connectivity index (χ1n) is 8.80. The molecular formula is C21H27NO2. The second kappa shape index (κ2) is 7.82. The second-order valence-electron chi connectivity index (χ2n) is 6.80. The topological polar surface area (TPSA) is 32.7 Å². The number of para-hydroxylation sites is 1. The van der Waals surface area contributed by atoms with Gasteiger partial charge in [0.1, 0.15) is 18.5 Å². The SMILES string of the molecule is Cc1cccc([C@@H]2CCCN2C[C@H](O)COc2ccccc2C)c1. The summed E-state index contributed by atoms with van der Waals surface area (Å²) in [5, 5.41) is 10.4. The maximum atomic E-state index is 10.4. The van der Waals surface area contributed by atoms with Crippen LogP contribution in [0.15, 0.2) is 48.5 Å². The highest BCUT2D eigenvalue weighted by atomic mass is 16.5. The van der Waals surface area contributed by atoms with Gasteiger partial charge in [0.25, 0.3) is 0 Å². The fourth-order valence-corrected chi connectivity index (χ4v) is 3.53. The highest BCUT2D eigenvalue weighted by Crippen LogP contribution is 2.32. The van der Waals surface area contributed by atoms with Crippen molar-refractivity contribution in [1.29, 1.82) is 0 Å². The number of benzene rings is 2. The van der Waals surface area contributed by atoms with Crippen LogP contribution in [0.2, 0.25) is 0 Å². The van der Waals surface area contributed by atoms with Crippen LogP contribution in [0.4, 0.5) is 0 Å². The quantitative estimate of drug-likeness (QED) is 0.875. The minimum Gasteiger partial charge on any atom is -0.491 e. The number of nitrogens with zero attached hydrogens (tertiary/aromatic N) is 1. The van der Waals surface area contributed by atoms with Gasteiger partial charge in [0, 0.05) is 12.6 Å². The van der Waals surface area contributed by atoms with E-state index in [0.29, 0.717) is 19.2 Å². The van der Waals surface area contributed by atoms with E-state index in [4.69, 9.17) is 4.74 Å². The van der Waals surface area contributed by atoms with E-state index in [2.05, 4.69) is 36.1 Å². The summed E-state index contributed by atoms with van der Waals surface area (Å²) in [7, 11) is 0. The Hall–Kier alpha value is -1.84. The smallest absolute Gasteiger partial charge is 0.122 e. The number of aryl methyl sites for hydroxylation is 2. The number of hydrogen-bond donors (Lipinski definition) is 1. The van der Waals surface area contributed by atoms with Crippen molar-refractivity contribution >= 4 is 0 Å². The number of ether oxygens (including phenoxy) is 1. The third-order valence-corrected chi connectivity index (χ3v) is 4.76. The molecule has 3 nitrogen and oxygen atoms in total. The van der Waals surface area contributed by atoms with Gasteiger partial charge in [-0.3, -0.25) is 4.90 Å². The largest absolute Gasteiger partial charge is 0.491 e. The lowest BCUT2D eigenvalue weighted by molar-refractivity contribution is 0.0636. The third kappa shape index (κ3) is 4.16. The number of hydrogen-bond acceptors (Lipinski definition) is 3. The molecule has 0 aliphatic carbocycles. The fourth-order valence-electron chi connectivity index (χ4n) is 3.53. The van der Waals surface area contributed by atoms with E-state index in [1.807, 2.05) is 31.2 Å². The van der Waals surface area contributed by atoms with Crippen LogP contribution in [0.3, 0.4) is 0 Å². The van der Waals surface area contributed by atoms with Crippen molar-refractivity contribution in [2.75, 3.05) is 19.7 Å². The van der Waals surface area contributed by atoms with Crippen LogP contribution in [-0.2, 0) is 0 Å². The molecule has 24 heavy (non-hydrogen) atoms. The fraction of sp³-hybridized carbons (Fsp3) is 0.429. The Labute approximate surface area is 144 Å². The van der Waals surface area contributed by atoms with E-state index >= 15 is 0 Å². The van der Waals surface area contributed by atoms with Crippen molar-refractivity contribution in [2.24, 2.45) is 0 Å². The van der Waals surface area contributed by atoms with Crippen molar-refractivity contribution in [2.45, 2.75) is 38.8 Å². The average Bonchev–Trinajstić information content (AvgIpc) is 3.02. The Morgan fingerprint density at radius 3 is 2.79 bits per heavy atom. The van der Waals surface area contributed by atoms with Gasteiger partial charge in [0.2, 0.25) is 0 Å². The first kappa shape index (κ1) is 17.0. The van der Waals surface area contributed by atoms with Gasteiger partial charge >= 0.3 is 0 Å². The second-order valence-corrected chi connectivity index (χ2v) is 6.80. The Bertz CT molecular complexity index is 670. The number of aliphatic hydroxyl groups excluding tert-OH is 1. The first-order chi connectivity index (χ1) is 11.6. The zero-order chi connectivity index (χ0) is 16.9. The zero-order valence-corrected chi connectivity index (χ0v) is 14.6. The molecule has 1 saturated heterocycles. The molecule has 0 saturated carbocycles. The molecule has 128 valence electrons. The summed E-state index contributed by atoms with van der Waals surface area (Å²) in [6, 6.07) is 17.1. The highest BCUT2D eigenvalue weighted by Gasteiger charge is 2.27.